The van der Waals surface area contributed by atoms with Crippen LogP contribution in [0.25, 0.3) is 33.1 Å². The third-order valence-electron chi connectivity index (χ3n) is 9.87. The molecule has 8 rings (SSSR count). The van der Waals surface area contributed by atoms with E-state index in [4.69, 9.17) is 19.7 Å². The highest BCUT2D eigenvalue weighted by Crippen LogP contribution is 2.40. The highest BCUT2D eigenvalue weighted by atomic mass is 19.1. The van der Waals surface area contributed by atoms with Crippen molar-refractivity contribution in [3.8, 4) is 17.3 Å². The van der Waals surface area contributed by atoms with Crippen molar-refractivity contribution in [1.29, 1.82) is 0 Å². The van der Waals surface area contributed by atoms with E-state index in [9.17, 15) is 0 Å². The predicted octanol–water partition coefficient (Wildman–Crippen LogP) is 4.82. The fraction of sp³-hybridized carbons (Fsp3) is 0.516. The summed E-state index contributed by atoms with van der Waals surface area (Å²) in [6, 6.07) is 7.27. The highest BCUT2D eigenvalue weighted by Gasteiger charge is 2.45. The lowest BCUT2D eigenvalue weighted by Crippen LogP contribution is -2.51. The number of hydrogen-bond donors (Lipinski definition) is 2. The van der Waals surface area contributed by atoms with Crippen LogP contribution in [0.2, 0.25) is 0 Å². The van der Waals surface area contributed by atoms with E-state index in [-0.39, 0.29) is 17.1 Å². The number of piperazine rings is 1. The first-order chi connectivity index (χ1) is 19.6. The lowest BCUT2D eigenvalue weighted by molar-refractivity contribution is 0.108. The first kappa shape index (κ1) is 24.5. The van der Waals surface area contributed by atoms with Crippen molar-refractivity contribution in [1.82, 2.24) is 30.2 Å². The van der Waals surface area contributed by atoms with Crippen molar-refractivity contribution in [2.45, 2.75) is 69.5 Å². The maximum atomic E-state index is 16.6. The molecule has 2 unspecified atom stereocenters. The Kier molecular flexibility index (Phi) is 5.74. The molecule has 0 saturated carbocycles. The summed E-state index contributed by atoms with van der Waals surface area (Å²) in [7, 11) is 0. The summed E-state index contributed by atoms with van der Waals surface area (Å²) < 4.78 is 23.0. The molecule has 0 spiro atoms. The lowest BCUT2D eigenvalue weighted by atomic mass is 9.95. The monoisotopic (exact) mass is 541 g/mol. The van der Waals surface area contributed by atoms with Gasteiger partial charge in [0, 0.05) is 54.0 Å². The van der Waals surface area contributed by atoms with Gasteiger partial charge in [-0.05, 0) is 69.7 Å². The van der Waals surface area contributed by atoms with Gasteiger partial charge in [-0.2, -0.15) is 9.97 Å². The van der Waals surface area contributed by atoms with Crippen LogP contribution in [0, 0.1) is 5.82 Å². The molecule has 4 aliphatic heterocycles. The summed E-state index contributed by atoms with van der Waals surface area (Å²) >= 11 is 0. The average molecular weight is 542 g/mol. The Morgan fingerprint density at radius 2 is 1.90 bits per heavy atom. The molecule has 0 radical (unpaired) electrons. The molecular formula is C31H36FN7O. The van der Waals surface area contributed by atoms with Crippen molar-refractivity contribution >= 4 is 27.6 Å². The maximum absolute atomic E-state index is 16.6. The summed E-state index contributed by atoms with van der Waals surface area (Å²) in [4.78, 5) is 22.5. The number of halogens is 1. The summed E-state index contributed by atoms with van der Waals surface area (Å²) in [5.41, 5.74) is 3.57. The van der Waals surface area contributed by atoms with Gasteiger partial charge in [0.05, 0.1) is 10.9 Å². The van der Waals surface area contributed by atoms with E-state index in [1.54, 1.807) is 6.20 Å². The Morgan fingerprint density at radius 1 is 1.10 bits per heavy atom. The van der Waals surface area contributed by atoms with Crippen LogP contribution in [0.4, 0.5) is 10.2 Å². The Hall–Kier alpha value is -3.30. The number of aromatic amines is 1. The van der Waals surface area contributed by atoms with Crippen LogP contribution in [-0.4, -0.2) is 75.2 Å². The molecular weight excluding hydrogens is 505 g/mol. The molecule has 4 aliphatic rings. The molecule has 8 nitrogen and oxygen atoms in total. The van der Waals surface area contributed by atoms with Crippen LogP contribution >= 0.6 is 0 Å². The van der Waals surface area contributed by atoms with Crippen LogP contribution in [0.1, 0.15) is 51.0 Å². The van der Waals surface area contributed by atoms with E-state index in [2.05, 4.69) is 33.1 Å². The van der Waals surface area contributed by atoms with E-state index in [1.807, 2.05) is 18.3 Å². The molecule has 4 saturated heterocycles. The molecule has 3 aromatic heterocycles. The molecule has 2 N–H and O–H groups in total. The molecule has 208 valence electrons. The molecule has 0 amide bonds. The number of fused-ring (bicyclic) bond motifs is 5. The van der Waals surface area contributed by atoms with Gasteiger partial charge in [-0.3, -0.25) is 9.88 Å². The number of nitrogens with one attached hydrogen (secondary N) is 2. The Bertz CT molecular complexity index is 1580. The molecule has 4 aromatic rings. The fourth-order valence-electron chi connectivity index (χ4n) is 7.89. The molecule has 1 aromatic carbocycles. The number of H-pyrrole nitrogens is 1. The second-order valence-corrected chi connectivity index (χ2v) is 12.2. The van der Waals surface area contributed by atoms with Gasteiger partial charge in [-0.1, -0.05) is 19.1 Å². The quantitative estimate of drug-likeness (QED) is 0.362. The van der Waals surface area contributed by atoms with Gasteiger partial charge < -0.3 is 19.9 Å². The van der Waals surface area contributed by atoms with Crippen LogP contribution in [0.5, 0.6) is 6.01 Å². The molecule has 7 heterocycles. The summed E-state index contributed by atoms with van der Waals surface area (Å²) in [6.45, 7) is 6.60. The van der Waals surface area contributed by atoms with Crippen molar-refractivity contribution in [2.75, 3.05) is 37.7 Å². The lowest BCUT2D eigenvalue weighted by Gasteiger charge is -2.34. The van der Waals surface area contributed by atoms with Gasteiger partial charge in [-0.25, -0.2) is 4.39 Å². The molecule has 4 fully saturated rings. The third-order valence-corrected chi connectivity index (χ3v) is 9.87. The number of aromatic nitrogens is 4. The van der Waals surface area contributed by atoms with Crippen molar-refractivity contribution in [3.63, 3.8) is 0 Å². The normalized spacial score (nSPS) is 23.9. The van der Waals surface area contributed by atoms with Crippen molar-refractivity contribution in [2.24, 2.45) is 0 Å². The Labute approximate surface area is 233 Å². The van der Waals surface area contributed by atoms with E-state index in [1.165, 1.54) is 12.8 Å². The van der Waals surface area contributed by atoms with Gasteiger partial charge in [0.1, 0.15) is 23.6 Å². The third kappa shape index (κ3) is 3.81. The zero-order chi connectivity index (χ0) is 26.8. The van der Waals surface area contributed by atoms with Gasteiger partial charge >= 0.3 is 6.01 Å². The number of pyridine rings is 1. The minimum absolute atomic E-state index is 0.0647. The fourth-order valence-corrected chi connectivity index (χ4v) is 7.89. The summed E-state index contributed by atoms with van der Waals surface area (Å²) in [5.74, 6) is 0.314. The number of anilines is 1. The smallest absolute Gasteiger partial charge is 0.319 e. The first-order valence-corrected chi connectivity index (χ1v) is 15.0. The highest BCUT2D eigenvalue weighted by molar-refractivity contribution is 6.00. The molecule has 2 bridgehead atoms. The minimum Gasteiger partial charge on any atom is -0.461 e. The molecule has 0 aliphatic carbocycles. The number of aryl methyl sites for hydroxylation is 1. The van der Waals surface area contributed by atoms with E-state index >= 15 is 4.39 Å². The SMILES string of the molecule is CCc1cccc2[nH]cc(-c3ncc4c(N5CC6CCC(C5)N6)nc(OCC56CCCN5CCC6)nc4c3F)c12. The van der Waals surface area contributed by atoms with E-state index < -0.39 is 5.82 Å². The minimum atomic E-state index is -0.419. The van der Waals surface area contributed by atoms with Crippen LogP contribution < -0.4 is 15.0 Å². The predicted molar refractivity (Wildman–Crippen MR) is 154 cm³/mol. The average Bonchev–Trinajstić information content (AvgIpc) is 3.75. The number of ether oxygens (including phenoxy) is 1. The van der Waals surface area contributed by atoms with Crippen LogP contribution in [-0.2, 0) is 6.42 Å². The zero-order valence-corrected chi connectivity index (χ0v) is 23.0. The van der Waals surface area contributed by atoms with Crippen LogP contribution in [0.3, 0.4) is 0 Å². The standard InChI is InChI=1S/C31H36FN7O/c1-2-19-6-3-7-24-25(19)22(14-33-24)27-26(32)28-23(15-34-27)29(38-16-20-8-9-21(17-38)35-20)37-30(36-28)40-18-31-10-4-12-39(31)13-5-11-31/h3,6-7,14-15,20-21,33,35H,2,4-5,8-13,16-18H2,1H3. The largest absolute Gasteiger partial charge is 0.461 e. The zero-order valence-electron chi connectivity index (χ0n) is 23.0. The number of benzene rings is 1. The molecule has 9 heteroatoms. The van der Waals surface area contributed by atoms with Crippen molar-refractivity contribution < 1.29 is 9.13 Å². The summed E-state index contributed by atoms with van der Waals surface area (Å²) in [6.07, 6.45) is 11.5. The van der Waals surface area contributed by atoms with Crippen LogP contribution in [0.15, 0.2) is 30.6 Å². The van der Waals surface area contributed by atoms with E-state index in [0.717, 1.165) is 86.1 Å². The molecule has 40 heavy (non-hydrogen) atoms. The number of nitrogens with zero attached hydrogens (tertiary/aromatic N) is 5. The van der Waals surface area contributed by atoms with Crippen molar-refractivity contribution in [3.05, 3.63) is 42.0 Å². The topological polar surface area (TPSA) is 82.2 Å². The van der Waals surface area contributed by atoms with Gasteiger partial charge in [0.2, 0.25) is 0 Å². The van der Waals surface area contributed by atoms with Gasteiger partial charge in [0.25, 0.3) is 0 Å². The second-order valence-electron chi connectivity index (χ2n) is 12.2. The Balaban J connectivity index is 1.24. The summed E-state index contributed by atoms with van der Waals surface area (Å²) in [5, 5.41) is 5.35. The first-order valence-electron chi connectivity index (χ1n) is 15.0. The molecule has 2 atom stereocenters. The van der Waals surface area contributed by atoms with E-state index in [0.29, 0.717) is 29.8 Å². The number of rotatable bonds is 6. The second kappa shape index (κ2) is 9.38. The maximum Gasteiger partial charge on any atom is 0.319 e. The van der Waals surface area contributed by atoms with Gasteiger partial charge in [0.15, 0.2) is 5.82 Å². The number of hydrogen-bond acceptors (Lipinski definition) is 7. The van der Waals surface area contributed by atoms with Gasteiger partial charge in [-0.15, -0.1) is 0 Å². The Morgan fingerprint density at radius 3 is 2.67 bits per heavy atom.